The Morgan fingerprint density at radius 3 is 2.71 bits per heavy atom. The fourth-order valence-electron chi connectivity index (χ4n) is 1.97. The Bertz CT molecular complexity index is 452. The molecule has 118 valence electrons. The number of amides is 1. The average molecular weight is 292 g/mol. The zero-order chi connectivity index (χ0) is 15.9. The molecule has 1 amide bonds. The van der Waals surface area contributed by atoms with Gasteiger partial charge in [0.2, 0.25) is 5.91 Å². The van der Waals surface area contributed by atoms with Crippen LogP contribution in [0.25, 0.3) is 0 Å². The zero-order valence-corrected chi connectivity index (χ0v) is 13.6. The largest absolute Gasteiger partial charge is 0.492 e. The van der Waals surface area contributed by atoms with E-state index in [2.05, 4.69) is 32.2 Å². The lowest BCUT2D eigenvalue weighted by Crippen LogP contribution is -2.41. The molecule has 0 aromatic heterocycles. The highest BCUT2D eigenvalue weighted by Gasteiger charge is 2.14. The SMILES string of the molecule is CCCC(N)C(=O)NCCOc1cccc(C(C)(C)C)c1. The molecule has 1 aromatic rings. The highest BCUT2D eigenvalue weighted by atomic mass is 16.5. The molecule has 4 heteroatoms. The third kappa shape index (κ3) is 6.17. The lowest BCUT2D eigenvalue weighted by atomic mass is 9.87. The van der Waals surface area contributed by atoms with E-state index in [-0.39, 0.29) is 11.3 Å². The predicted molar refractivity (Wildman–Crippen MR) is 86.5 cm³/mol. The summed E-state index contributed by atoms with van der Waals surface area (Å²) in [5.74, 6) is 0.721. The molecule has 0 aliphatic carbocycles. The Morgan fingerprint density at radius 1 is 1.38 bits per heavy atom. The van der Waals surface area contributed by atoms with Gasteiger partial charge in [-0.2, -0.15) is 0 Å². The quantitative estimate of drug-likeness (QED) is 0.759. The first-order valence-corrected chi connectivity index (χ1v) is 7.61. The van der Waals surface area contributed by atoms with E-state index in [9.17, 15) is 4.79 Å². The summed E-state index contributed by atoms with van der Waals surface area (Å²) in [6.07, 6.45) is 1.62. The molecule has 1 atom stereocenters. The van der Waals surface area contributed by atoms with Crippen LogP contribution in [0.5, 0.6) is 5.75 Å². The molecule has 0 aliphatic rings. The van der Waals surface area contributed by atoms with Gasteiger partial charge in [-0.1, -0.05) is 46.2 Å². The molecule has 1 rings (SSSR count). The number of benzene rings is 1. The van der Waals surface area contributed by atoms with Crippen LogP contribution in [0.4, 0.5) is 0 Å². The molecule has 0 fully saturated rings. The van der Waals surface area contributed by atoms with Crippen molar-refractivity contribution in [3.63, 3.8) is 0 Å². The first-order valence-electron chi connectivity index (χ1n) is 7.61. The van der Waals surface area contributed by atoms with Crippen LogP contribution in [0.2, 0.25) is 0 Å². The summed E-state index contributed by atoms with van der Waals surface area (Å²) in [5.41, 5.74) is 7.06. The van der Waals surface area contributed by atoms with Gasteiger partial charge < -0.3 is 15.8 Å². The van der Waals surface area contributed by atoms with E-state index in [0.29, 0.717) is 19.6 Å². The van der Waals surface area contributed by atoms with Crippen LogP contribution >= 0.6 is 0 Å². The number of hydrogen-bond acceptors (Lipinski definition) is 3. The highest BCUT2D eigenvalue weighted by molar-refractivity contribution is 5.81. The molecule has 4 nitrogen and oxygen atoms in total. The van der Waals surface area contributed by atoms with Crippen molar-refractivity contribution in [3.8, 4) is 5.75 Å². The van der Waals surface area contributed by atoms with Gasteiger partial charge in [-0.05, 0) is 29.5 Å². The van der Waals surface area contributed by atoms with Crippen molar-refractivity contribution in [2.45, 2.75) is 52.0 Å². The number of carbonyl (C=O) groups is 1. The second-order valence-electron chi connectivity index (χ2n) is 6.31. The Morgan fingerprint density at radius 2 is 2.10 bits per heavy atom. The van der Waals surface area contributed by atoms with Crippen LogP contribution in [0, 0.1) is 0 Å². The van der Waals surface area contributed by atoms with Crippen LogP contribution in [0.15, 0.2) is 24.3 Å². The number of ether oxygens (including phenoxy) is 1. The molecule has 0 radical (unpaired) electrons. The summed E-state index contributed by atoms with van der Waals surface area (Å²) in [4.78, 5) is 11.6. The minimum Gasteiger partial charge on any atom is -0.492 e. The summed E-state index contributed by atoms with van der Waals surface area (Å²) >= 11 is 0. The Kier molecular flexibility index (Phi) is 6.69. The van der Waals surface area contributed by atoms with E-state index >= 15 is 0 Å². The molecule has 1 unspecified atom stereocenters. The topological polar surface area (TPSA) is 64.4 Å². The van der Waals surface area contributed by atoms with Gasteiger partial charge in [-0.15, -0.1) is 0 Å². The number of rotatable bonds is 7. The van der Waals surface area contributed by atoms with Crippen molar-refractivity contribution in [1.82, 2.24) is 5.32 Å². The van der Waals surface area contributed by atoms with Gasteiger partial charge >= 0.3 is 0 Å². The molecular formula is C17H28N2O2. The lowest BCUT2D eigenvalue weighted by Gasteiger charge is -2.19. The fraction of sp³-hybridized carbons (Fsp3) is 0.588. The van der Waals surface area contributed by atoms with Crippen molar-refractivity contribution >= 4 is 5.91 Å². The minimum atomic E-state index is -0.417. The van der Waals surface area contributed by atoms with Crippen LogP contribution in [-0.4, -0.2) is 25.1 Å². The number of hydrogen-bond donors (Lipinski definition) is 2. The molecule has 0 heterocycles. The predicted octanol–water partition coefficient (Wildman–Crippen LogP) is 2.61. The van der Waals surface area contributed by atoms with Crippen molar-refractivity contribution < 1.29 is 9.53 Å². The zero-order valence-electron chi connectivity index (χ0n) is 13.6. The molecule has 21 heavy (non-hydrogen) atoms. The van der Waals surface area contributed by atoms with Crippen LogP contribution in [-0.2, 0) is 10.2 Å². The van der Waals surface area contributed by atoms with Crippen LogP contribution in [0.1, 0.15) is 46.1 Å². The van der Waals surface area contributed by atoms with Gasteiger partial charge in [0.15, 0.2) is 0 Å². The normalized spacial score (nSPS) is 12.8. The van der Waals surface area contributed by atoms with Gasteiger partial charge in [-0.25, -0.2) is 0 Å². The number of nitrogens with two attached hydrogens (primary N) is 1. The van der Waals surface area contributed by atoms with Crippen molar-refractivity contribution in [2.75, 3.05) is 13.2 Å². The second kappa shape index (κ2) is 8.03. The van der Waals surface area contributed by atoms with Crippen LogP contribution in [0.3, 0.4) is 0 Å². The molecule has 0 bridgehead atoms. The Hall–Kier alpha value is -1.55. The fourth-order valence-corrected chi connectivity index (χ4v) is 1.97. The summed E-state index contributed by atoms with van der Waals surface area (Å²) in [5, 5.41) is 2.79. The van der Waals surface area contributed by atoms with E-state index in [4.69, 9.17) is 10.5 Å². The molecule has 0 saturated carbocycles. The third-order valence-electron chi connectivity index (χ3n) is 3.31. The first-order chi connectivity index (χ1) is 9.84. The maximum absolute atomic E-state index is 11.6. The standard InChI is InChI=1S/C17H28N2O2/c1-5-7-15(18)16(20)19-10-11-21-14-9-6-8-13(12-14)17(2,3)4/h6,8-9,12,15H,5,7,10-11,18H2,1-4H3,(H,19,20). The van der Waals surface area contributed by atoms with Gasteiger partial charge in [0.25, 0.3) is 0 Å². The summed E-state index contributed by atoms with van der Waals surface area (Å²) in [7, 11) is 0. The van der Waals surface area contributed by atoms with Crippen molar-refractivity contribution in [2.24, 2.45) is 5.73 Å². The maximum Gasteiger partial charge on any atom is 0.237 e. The number of carbonyl (C=O) groups excluding carboxylic acids is 1. The van der Waals surface area contributed by atoms with Gasteiger partial charge in [0, 0.05) is 0 Å². The lowest BCUT2D eigenvalue weighted by molar-refractivity contribution is -0.122. The van der Waals surface area contributed by atoms with E-state index in [1.54, 1.807) is 0 Å². The molecular weight excluding hydrogens is 264 g/mol. The molecule has 0 saturated heterocycles. The molecule has 0 spiro atoms. The summed E-state index contributed by atoms with van der Waals surface area (Å²) in [6.45, 7) is 9.43. The molecule has 0 aliphatic heterocycles. The van der Waals surface area contributed by atoms with E-state index in [1.165, 1.54) is 5.56 Å². The summed E-state index contributed by atoms with van der Waals surface area (Å²) in [6, 6.07) is 7.65. The monoisotopic (exact) mass is 292 g/mol. The van der Waals surface area contributed by atoms with Crippen molar-refractivity contribution in [3.05, 3.63) is 29.8 Å². The molecule has 3 N–H and O–H groups in total. The van der Waals surface area contributed by atoms with E-state index in [0.717, 1.165) is 12.2 Å². The van der Waals surface area contributed by atoms with Gasteiger partial charge in [0.1, 0.15) is 12.4 Å². The Balaban J connectivity index is 2.38. The Labute approximate surface area is 128 Å². The van der Waals surface area contributed by atoms with Gasteiger partial charge in [-0.3, -0.25) is 4.79 Å². The number of nitrogens with one attached hydrogen (secondary N) is 1. The maximum atomic E-state index is 11.6. The highest BCUT2D eigenvalue weighted by Crippen LogP contribution is 2.25. The van der Waals surface area contributed by atoms with E-state index < -0.39 is 6.04 Å². The minimum absolute atomic E-state index is 0.0977. The van der Waals surface area contributed by atoms with Crippen molar-refractivity contribution in [1.29, 1.82) is 0 Å². The smallest absolute Gasteiger partial charge is 0.237 e. The summed E-state index contributed by atoms with van der Waals surface area (Å²) < 4.78 is 5.68. The molecule has 1 aromatic carbocycles. The average Bonchev–Trinajstić information content (AvgIpc) is 2.43. The second-order valence-corrected chi connectivity index (χ2v) is 6.31. The van der Waals surface area contributed by atoms with Crippen LogP contribution < -0.4 is 15.8 Å². The van der Waals surface area contributed by atoms with E-state index in [1.807, 2.05) is 25.1 Å². The van der Waals surface area contributed by atoms with Gasteiger partial charge in [0.05, 0.1) is 12.6 Å². The first kappa shape index (κ1) is 17.5. The third-order valence-corrected chi connectivity index (χ3v) is 3.31.